The molecule has 0 radical (unpaired) electrons. The highest BCUT2D eigenvalue weighted by Crippen LogP contribution is 2.24. The average Bonchev–Trinajstić information content (AvgIpc) is 3.02. The van der Waals surface area contributed by atoms with Gasteiger partial charge in [-0.3, -0.25) is 4.98 Å². The van der Waals surface area contributed by atoms with Crippen molar-refractivity contribution >= 4 is 27.5 Å². The molecule has 0 aliphatic carbocycles. The molecule has 0 aliphatic rings. The Morgan fingerprint density at radius 2 is 1.96 bits per heavy atom. The number of hydrogen-bond donors (Lipinski definition) is 1. The van der Waals surface area contributed by atoms with E-state index < -0.39 is 0 Å². The van der Waals surface area contributed by atoms with Gasteiger partial charge in [0.2, 0.25) is 5.95 Å². The fourth-order valence-corrected chi connectivity index (χ4v) is 2.76. The van der Waals surface area contributed by atoms with Crippen LogP contribution in [-0.4, -0.2) is 24.6 Å². The van der Waals surface area contributed by atoms with E-state index in [1.54, 1.807) is 41.3 Å². The van der Waals surface area contributed by atoms with E-state index in [9.17, 15) is 4.39 Å². The van der Waals surface area contributed by atoms with Gasteiger partial charge >= 0.3 is 0 Å². The van der Waals surface area contributed by atoms with Gasteiger partial charge in [-0.05, 0) is 39.7 Å². The second kappa shape index (κ2) is 6.56. The number of anilines is 1. The van der Waals surface area contributed by atoms with Crippen LogP contribution in [0.3, 0.4) is 0 Å². The van der Waals surface area contributed by atoms with Crippen molar-refractivity contribution in [1.82, 2.24) is 24.6 Å². The van der Waals surface area contributed by atoms with Crippen LogP contribution in [0.5, 0.6) is 0 Å². The van der Waals surface area contributed by atoms with Gasteiger partial charge in [0.25, 0.3) is 0 Å². The molecule has 0 unspecified atom stereocenters. The highest BCUT2D eigenvalue weighted by Gasteiger charge is 2.15. The Labute approximate surface area is 150 Å². The lowest BCUT2D eigenvalue weighted by atomic mass is 10.2. The number of nitrogens with zero attached hydrogens (tertiary/aromatic N) is 5. The minimum atomic E-state index is -0.374. The Kier molecular flexibility index (Phi) is 4.10. The maximum atomic E-state index is 14.1. The van der Waals surface area contributed by atoms with Gasteiger partial charge in [0.05, 0.1) is 16.2 Å². The topological polar surface area (TPSA) is 68.0 Å². The van der Waals surface area contributed by atoms with E-state index in [0.29, 0.717) is 34.0 Å². The summed E-state index contributed by atoms with van der Waals surface area (Å²) < 4.78 is 16.4. The maximum absolute atomic E-state index is 14.1. The molecule has 0 atom stereocenters. The first kappa shape index (κ1) is 15.6. The number of rotatable bonds is 4. The molecule has 6 nitrogen and oxygen atoms in total. The number of benzene rings is 1. The molecule has 0 saturated heterocycles. The molecule has 1 N–H and O–H groups in total. The van der Waals surface area contributed by atoms with Crippen molar-refractivity contribution in [3.8, 4) is 11.4 Å². The van der Waals surface area contributed by atoms with Crippen LogP contribution in [0.4, 0.5) is 10.3 Å². The maximum Gasteiger partial charge on any atom is 0.228 e. The summed E-state index contributed by atoms with van der Waals surface area (Å²) in [6.45, 7) is 0.508. The first-order valence-electron chi connectivity index (χ1n) is 7.51. The Hall–Kier alpha value is -2.87. The minimum Gasteiger partial charge on any atom is -0.350 e. The van der Waals surface area contributed by atoms with Gasteiger partial charge in [0.1, 0.15) is 5.82 Å². The largest absolute Gasteiger partial charge is 0.350 e. The second-order valence-corrected chi connectivity index (χ2v) is 6.15. The molecule has 3 heterocycles. The van der Waals surface area contributed by atoms with E-state index in [1.807, 2.05) is 12.1 Å². The van der Waals surface area contributed by atoms with Gasteiger partial charge in [-0.15, -0.1) is 0 Å². The summed E-state index contributed by atoms with van der Waals surface area (Å²) in [6, 6.07) is 10.2. The molecule has 0 saturated carbocycles. The standard InChI is InChI=1S/C17H12BrFN6/c18-13-10-22-25-16(13)23-15(12-5-1-2-6-14(12)19)24-17(25)21-9-11-4-3-7-20-8-11/h1-8,10H,9H2,(H,21,23,24). The lowest BCUT2D eigenvalue weighted by Crippen LogP contribution is -2.10. The van der Waals surface area contributed by atoms with Crippen molar-refractivity contribution in [3.63, 3.8) is 0 Å². The molecule has 0 amide bonds. The Morgan fingerprint density at radius 1 is 1.08 bits per heavy atom. The normalized spacial score (nSPS) is 11.0. The highest BCUT2D eigenvalue weighted by atomic mass is 79.9. The van der Waals surface area contributed by atoms with Crippen molar-refractivity contribution in [1.29, 1.82) is 0 Å². The summed E-state index contributed by atoms with van der Waals surface area (Å²) in [5.74, 6) is 0.388. The van der Waals surface area contributed by atoms with Crippen LogP contribution in [-0.2, 0) is 6.54 Å². The van der Waals surface area contributed by atoms with Crippen LogP contribution in [0.2, 0.25) is 0 Å². The van der Waals surface area contributed by atoms with Crippen molar-refractivity contribution in [2.75, 3.05) is 5.32 Å². The smallest absolute Gasteiger partial charge is 0.228 e. The summed E-state index contributed by atoms with van der Waals surface area (Å²) >= 11 is 3.42. The van der Waals surface area contributed by atoms with Crippen LogP contribution < -0.4 is 5.32 Å². The summed E-state index contributed by atoms with van der Waals surface area (Å²) in [5.41, 5.74) is 1.89. The molecule has 3 aromatic heterocycles. The molecule has 8 heteroatoms. The van der Waals surface area contributed by atoms with Gasteiger partial charge in [-0.25, -0.2) is 9.37 Å². The van der Waals surface area contributed by atoms with E-state index in [4.69, 9.17) is 0 Å². The summed E-state index contributed by atoms with van der Waals surface area (Å²) in [5, 5.41) is 7.47. The molecular formula is C17H12BrFN6. The van der Waals surface area contributed by atoms with Gasteiger partial charge < -0.3 is 5.32 Å². The summed E-state index contributed by atoms with van der Waals surface area (Å²) in [6.07, 6.45) is 5.11. The van der Waals surface area contributed by atoms with Crippen LogP contribution >= 0.6 is 15.9 Å². The molecule has 0 aliphatic heterocycles. The lowest BCUT2D eigenvalue weighted by molar-refractivity contribution is 0.630. The van der Waals surface area contributed by atoms with E-state index >= 15 is 0 Å². The molecular weight excluding hydrogens is 387 g/mol. The van der Waals surface area contributed by atoms with Crippen LogP contribution in [0.15, 0.2) is 59.5 Å². The molecule has 4 aromatic rings. The molecule has 1 aromatic carbocycles. The zero-order valence-electron chi connectivity index (χ0n) is 12.9. The SMILES string of the molecule is Fc1ccccc1-c1nc(NCc2cccnc2)n2ncc(Br)c2n1. The first-order chi connectivity index (χ1) is 12.2. The predicted molar refractivity (Wildman–Crippen MR) is 95.4 cm³/mol. The summed E-state index contributed by atoms with van der Waals surface area (Å²) in [7, 11) is 0. The molecule has 0 fully saturated rings. The van der Waals surface area contributed by atoms with Gasteiger partial charge in [-0.2, -0.15) is 14.6 Å². The number of pyridine rings is 1. The number of aromatic nitrogens is 5. The fraction of sp³-hybridized carbons (Fsp3) is 0.0588. The van der Waals surface area contributed by atoms with Gasteiger partial charge in [-0.1, -0.05) is 18.2 Å². The van der Waals surface area contributed by atoms with Gasteiger partial charge in [0, 0.05) is 18.9 Å². The number of fused-ring (bicyclic) bond motifs is 1. The fourth-order valence-electron chi connectivity index (χ4n) is 2.41. The highest BCUT2D eigenvalue weighted by molar-refractivity contribution is 9.10. The van der Waals surface area contributed by atoms with Gasteiger partial charge in [0.15, 0.2) is 11.5 Å². The number of hydrogen-bond acceptors (Lipinski definition) is 5. The second-order valence-electron chi connectivity index (χ2n) is 5.29. The summed E-state index contributed by atoms with van der Waals surface area (Å²) in [4.78, 5) is 13.0. The zero-order valence-corrected chi connectivity index (χ0v) is 14.5. The molecule has 25 heavy (non-hydrogen) atoms. The minimum absolute atomic E-state index is 0.292. The van der Waals surface area contributed by atoms with E-state index in [2.05, 4.69) is 41.3 Å². The molecule has 4 rings (SSSR count). The molecule has 124 valence electrons. The van der Waals surface area contributed by atoms with Crippen molar-refractivity contribution < 1.29 is 4.39 Å². The third-order valence-electron chi connectivity index (χ3n) is 3.61. The first-order valence-corrected chi connectivity index (χ1v) is 8.30. The van der Waals surface area contributed by atoms with Crippen molar-refractivity contribution in [2.45, 2.75) is 6.54 Å². The van der Waals surface area contributed by atoms with E-state index in [0.717, 1.165) is 5.56 Å². The Bertz CT molecular complexity index is 1030. The predicted octanol–water partition coefficient (Wildman–Crippen LogP) is 3.70. The Morgan fingerprint density at radius 3 is 2.76 bits per heavy atom. The van der Waals surface area contributed by atoms with Crippen LogP contribution in [0.25, 0.3) is 17.0 Å². The lowest BCUT2D eigenvalue weighted by Gasteiger charge is -2.10. The quantitative estimate of drug-likeness (QED) is 0.567. The third-order valence-corrected chi connectivity index (χ3v) is 4.17. The number of nitrogens with one attached hydrogen (secondary N) is 1. The van der Waals surface area contributed by atoms with Crippen LogP contribution in [0.1, 0.15) is 5.56 Å². The van der Waals surface area contributed by atoms with Crippen molar-refractivity contribution in [3.05, 3.63) is 70.8 Å². The molecule has 0 bridgehead atoms. The number of halogens is 2. The average molecular weight is 399 g/mol. The molecule has 0 spiro atoms. The van der Waals surface area contributed by atoms with E-state index in [-0.39, 0.29) is 5.82 Å². The Balaban J connectivity index is 1.78. The monoisotopic (exact) mass is 398 g/mol. The van der Waals surface area contributed by atoms with E-state index in [1.165, 1.54) is 6.07 Å². The van der Waals surface area contributed by atoms with Crippen LogP contribution in [0, 0.1) is 5.82 Å². The van der Waals surface area contributed by atoms with Crippen molar-refractivity contribution in [2.24, 2.45) is 0 Å². The third kappa shape index (κ3) is 3.08. The zero-order chi connectivity index (χ0) is 17.2.